The number of carbonyl (C=O) groups excluding carboxylic acids is 3. The number of H-pyrrole nitrogens is 1. The molecule has 0 aliphatic carbocycles. The molecule has 8 N–H and O–H groups in total. The summed E-state index contributed by atoms with van der Waals surface area (Å²) in [5, 5.41) is 27.2. The lowest BCUT2D eigenvalue weighted by Crippen LogP contribution is -2.58. The molecular weight excluding hydrogens is 574 g/mol. The fourth-order valence-corrected chi connectivity index (χ4v) is 5.00. The first-order valence-electron chi connectivity index (χ1n) is 13.8. The molecule has 3 amide bonds. The number of carbonyl (C=O) groups is 5. The summed E-state index contributed by atoms with van der Waals surface area (Å²) in [5.74, 6) is -3.93. The van der Waals surface area contributed by atoms with Gasteiger partial charge in [-0.25, -0.2) is 4.79 Å². The zero-order chi connectivity index (χ0) is 31.4. The Bertz CT molecular complexity index is 1410. The molecule has 2 aromatic carbocycles. The summed E-state index contributed by atoms with van der Waals surface area (Å²) < 4.78 is 0. The van der Waals surface area contributed by atoms with Crippen molar-refractivity contribution in [2.45, 2.75) is 56.3 Å². The summed E-state index contributed by atoms with van der Waals surface area (Å²) in [6.07, 6.45) is 3.29. The fourth-order valence-electron chi connectivity index (χ4n) is 4.51. The second kappa shape index (κ2) is 16.3. The lowest BCUT2D eigenvalue weighted by Gasteiger charge is -2.25. The van der Waals surface area contributed by atoms with Gasteiger partial charge in [0, 0.05) is 36.4 Å². The summed E-state index contributed by atoms with van der Waals surface area (Å²) in [4.78, 5) is 66.0. The first-order chi connectivity index (χ1) is 20.6. The predicted octanol–water partition coefficient (Wildman–Crippen LogP) is 1.44. The number of amides is 3. The number of para-hydroxylation sites is 1. The predicted molar refractivity (Wildman–Crippen MR) is 163 cm³/mol. The number of nitrogens with one attached hydrogen (secondary N) is 4. The highest BCUT2D eigenvalue weighted by atomic mass is 32.2. The van der Waals surface area contributed by atoms with E-state index < -0.39 is 60.2 Å². The lowest BCUT2D eigenvalue weighted by atomic mass is 10.0. The molecule has 0 saturated heterocycles. The summed E-state index contributed by atoms with van der Waals surface area (Å²) in [5.41, 5.74) is 8.31. The van der Waals surface area contributed by atoms with E-state index in [0.717, 1.165) is 16.5 Å². The van der Waals surface area contributed by atoms with Crippen LogP contribution in [-0.4, -0.2) is 81.0 Å². The molecule has 3 rings (SSSR count). The number of carboxylic acid groups (broad SMARTS) is 2. The molecule has 4 atom stereocenters. The fraction of sp³-hybridized carbons (Fsp3) is 0.367. The largest absolute Gasteiger partial charge is 0.481 e. The van der Waals surface area contributed by atoms with Crippen LogP contribution in [0.25, 0.3) is 10.9 Å². The quantitative estimate of drug-likeness (QED) is 0.118. The Kier molecular flexibility index (Phi) is 12.6. The summed E-state index contributed by atoms with van der Waals surface area (Å²) in [6, 6.07) is 11.7. The second-order valence-electron chi connectivity index (χ2n) is 10.1. The molecular formula is C30H37N5O7S. The van der Waals surface area contributed by atoms with E-state index >= 15 is 0 Å². The third kappa shape index (κ3) is 10.1. The maximum absolute atomic E-state index is 13.7. The molecule has 0 aliphatic heterocycles. The van der Waals surface area contributed by atoms with Crippen molar-refractivity contribution in [1.82, 2.24) is 20.9 Å². The number of hydrogen-bond acceptors (Lipinski definition) is 7. The molecule has 0 fully saturated rings. The van der Waals surface area contributed by atoms with Crippen LogP contribution in [0, 0.1) is 0 Å². The highest BCUT2D eigenvalue weighted by molar-refractivity contribution is 7.98. The van der Waals surface area contributed by atoms with E-state index in [1.165, 1.54) is 0 Å². The molecule has 0 radical (unpaired) electrons. The van der Waals surface area contributed by atoms with Crippen molar-refractivity contribution in [2.24, 2.45) is 5.73 Å². The van der Waals surface area contributed by atoms with E-state index in [1.807, 2.05) is 36.6 Å². The SMILES string of the molecule is CSCCC(N)C(=O)NC(Cc1ccccc1)C(=O)NC(Cc1c[nH]c2ccccc12)C(=O)NC(CCC(=O)O)C(=O)O. The van der Waals surface area contributed by atoms with Gasteiger partial charge >= 0.3 is 11.9 Å². The van der Waals surface area contributed by atoms with E-state index in [1.54, 1.807) is 42.2 Å². The molecule has 12 nitrogen and oxygen atoms in total. The number of aliphatic carboxylic acids is 2. The van der Waals surface area contributed by atoms with Crippen LogP contribution in [0.2, 0.25) is 0 Å². The van der Waals surface area contributed by atoms with Gasteiger partial charge in [0.15, 0.2) is 0 Å². The maximum atomic E-state index is 13.7. The number of rotatable bonds is 17. The van der Waals surface area contributed by atoms with Gasteiger partial charge in [0.2, 0.25) is 17.7 Å². The van der Waals surface area contributed by atoms with Crippen LogP contribution in [0.1, 0.15) is 30.4 Å². The number of aromatic amines is 1. The lowest BCUT2D eigenvalue weighted by molar-refractivity contribution is -0.143. The number of thioether (sulfide) groups is 1. The van der Waals surface area contributed by atoms with Gasteiger partial charge in [-0.2, -0.15) is 11.8 Å². The minimum Gasteiger partial charge on any atom is -0.481 e. The molecule has 230 valence electrons. The molecule has 0 aliphatic rings. The van der Waals surface area contributed by atoms with Crippen molar-refractivity contribution in [3.63, 3.8) is 0 Å². The molecule has 43 heavy (non-hydrogen) atoms. The van der Waals surface area contributed by atoms with E-state index in [9.17, 15) is 29.1 Å². The first kappa shape index (κ1) is 33.1. The zero-order valence-electron chi connectivity index (χ0n) is 23.7. The monoisotopic (exact) mass is 611 g/mol. The average Bonchev–Trinajstić information content (AvgIpc) is 3.40. The standard InChI is InChI=1S/C30H37N5O7S/c1-43-14-13-21(31)27(38)34-24(15-18-7-3-2-4-8-18)28(39)35-25(16-19-17-32-22-10-6-5-9-20(19)22)29(40)33-23(30(41)42)11-12-26(36)37/h2-10,17,21,23-25,32H,11-16,31H2,1H3,(H,33,40)(H,34,38)(H,35,39)(H,36,37)(H,41,42). The van der Waals surface area contributed by atoms with E-state index in [0.29, 0.717) is 17.7 Å². The van der Waals surface area contributed by atoms with Crippen LogP contribution in [0.4, 0.5) is 0 Å². The minimum atomic E-state index is -1.49. The Morgan fingerprint density at radius 2 is 1.42 bits per heavy atom. The number of fused-ring (bicyclic) bond motifs is 1. The Morgan fingerprint density at radius 3 is 2.07 bits per heavy atom. The van der Waals surface area contributed by atoms with Gasteiger partial charge in [0.05, 0.1) is 6.04 Å². The highest BCUT2D eigenvalue weighted by Crippen LogP contribution is 2.19. The highest BCUT2D eigenvalue weighted by Gasteiger charge is 2.31. The number of nitrogens with two attached hydrogens (primary N) is 1. The molecule has 13 heteroatoms. The van der Waals surface area contributed by atoms with Crippen molar-refractivity contribution >= 4 is 52.3 Å². The van der Waals surface area contributed by atoms with Gasteiger partial charge < -0.3 is 36.9 Å². The first-order valence-corrected chi connectivity index (χ1v) is 15.2. The Labute approximate surface area is 253 Å². The molecule has 1 aromatic heterocycles. The normalized spacial score (nSPS) is 13.8. The molecule has 0 bridgehead atoms. The van der Waals surface area contributed by atoms with Gasteiger partial charge in [-0.15, -0.1) is 0 Å². The van der Waals surface area contributed by atoms with Crippen LogP contribution in [0.15, 0.2) is 60.8 Å². The van der Waals surface area contributed by atoms with Crippen molar-refractivity contribution in [3.8, 4) is 0 Å². The van der Waals surface area contributed by atoms with Crippen molar-refractivity contribution in [2.75, 3.05) is 12.0 Å². The van der Waals surface area contributed by atoms with Crippen LogP contribution in [0.5, 0.6) is 0 Å². The smallest absolute Gasteiger partial charge is 0.326 e. The van der Waals surface area contributed by atoms with E-state index in [4.69, 9.17) is 10.8 Å². The molecule has 0 saturated carbocycles. The number of hydrogen-bond donors (Lipinski definition) is 7. The van der Waals surface area contributed by atoms with Gasteiger partial charge in [0.1, 0.15) is 18.1 Å². The molecule has 1 heterocycles. The van der Waals surface area contributed by atoms with Gasteiger partial charge in [-0.05, 0) is 42.0 Å². The number of aromatic nitrogens is 1. The topological polar surface area (TPSA) is 204 Å². The number of benzene rings is 2. The minimum absolute atomic E-state index is 0.00784. The van der Waals surface area contributed by atoms with Crippen LogP contribution in [0.3, 0.4) is 0 Å². The van der Waals surface area contributed by atoms with Gasteiger partial charge in [0.25, 0.3) is 0 Å². The van der Waals surface area contributed by atoms with Crippen LogP contribution in [-0.2, 0) is 36.8 Å². The van der Waals surface area contributed by atoms with Crippen molar-refractivity contribution in [1.29, 1.82) is 0 Å². The third-order valence-corrected chi connectivity index (χ3v) is 7.52. The third-order valence-electron chi connectivity index (χ3n) is 6.88. The maximum Gasteiger partial charge on any atom is 0.326 e. The van der Waals surface area contributed by atoms with Crippen molar-refractivity contribution < 1.29 is 34.2 Å². The summed E-state index contributed by atoms with van der Waals surface area (Å²) in [7, 11) is 0. The van der Waals surface area contributed by atoms with Crippen LogP contribution < -0.4 is 21.7 Å². The Hall–Kier alpha value is -4.36. The summed E-state index contributed by atoms with van der Waals surface area (Å²) >= 11 is 1.54. The van der Waals surface area contributed by atoms with Crippen molar-refractivity contribution in [3.05, 3.63) is 71.9 Å². The van der Waals surface area contributed by atoms with Gasteiger partial charge in [-0.3, -0.25) is 19.2 Å². The average molecular weight is 612 g/mol. The Morgan fingerprint density at radius 1 is 0.814 bits per heavy atom. The molecule has 0 spiro atoms. The van der Waals surface area contributed by atoms with Crippen LogP contribution >= 0.6 is 11.8 Å². The summed E-state index contributed by atoms with van der Waals surface area (Å²) in [6.45, 7) is 0. The zero-order valence-corrected chi connectivity index (χ0v) is 24.6. The van der Waals surface area contributed by atoms with E-state index in [-0.39, 0.29) is 19.3 Å². The molecule has 4 unspecified atom stereocenters. The number of carboxylic acids is 2. The molecule has 3 aromatic rings. The van der Waals surface area contributed by atoms with E-state index in [2.05, 4.69) is 20.9 Å². The second-order valence-corrected chi connectivity index (χ2v) is 11.1. The Balaban J connectivity index is 1.88. The van der Waals surface area contributed by atoms with Gasteiger partial charge in [-0.1, -0.05) is 48.5 Å².